The maximum absolute atomic E-state index is 5.40. The molecule has 0 fully saturated rings. The van der Waals surface area contributed by atoms with Gasteiger partial charge in [0.05, 0.1) is 6.54 Å². The smallest absolute Gasteiger partial charge is 0.0555 e. The number of hydrogen-bond acceptors (Lipinski definition) is 2. The Labute approximate surface area is 118 Å². The summed E-state index contributed by atoms with van der Waals surface area (Å²) < 4.78 is 0. The van der Waals surface area contributed by atoms with E-state index in [9.17, 15) is 0 Å². The predicted octanol–water partition coefficient (Wildman–Crippen LogP) is 2.86. The highest BCUT2D eigenvalue weighted by molar-refractivity contribution is 5.37. The van der Waals surface area contributed by atoms with Crippen molar-refractivity contribution in [3.63, 3.8) is 0 Å². The molecule has 2 N–H and O–H groups in total. The van der Waals surface area contributed by atoms with Crippen LogP contribution in [0.25, 0.3) is 0 Å². The molecule has 0 radical (unpaired) electrons. The molecule has 1 rings (SSSR count). The van der Waals surface area contributed by atoms with E-state index in [4.69, 9.17) is 5.73 Å². The van der Waals surface area contributed by atoms with Crippen LogP contribution >= 0.6 is 0 Å². The molecule has 0 aliphatic heterocycles. The summed E-state index contributed by atoms with van der Waals surface area (Å²) in [7, 11) is 2.19. The van der Waals surface area contributed by atoms with E-state index in [0.717, 1.165) is 18.0 Å². The lowest BCUT2D eigenvalue weighted by Crippen LogP contribution is -2.29. The highest BCUT2D eigenvalue weighted by Gasteiger charge is 2.11. The summed E-state index contributed by atoms with van der Waals surface area (Å²) in [5.41, 5.74) is 7.76. The summed E-state index contributed by atoms with van der Waals surface area (Å²) in [6.07, 6.45) is 1.23. The third kappa shape index (κ3) is 5.92. The van der Waals surface area contributed by atoms with E-state index in [1.165, 1.54) is 12.0 Å². The summed E-state index contributed by atoms with van der Waals surface area (Å²) in [6, 6.07) is 9.01. The fourth-order valence-corrected chi connectivity index (χ4v) is 2.21. The van der Waals surface area contributed by atoms with Gasteiger partial charge < -0.3 is 5.73 Å². The molecule has 0 aromatic heterocycles. The molecule has 0 bridgehead atoms. The molecule has 0 aliphatic carbocycles. The summed E-state index contributed by atoms with van der Waals surface area (Å²) in [4.78, 5) is 2.40. The second kappa shape index (κ2) is 7.99. The first-order chi connectivity index (χ1) is 9.02. The minimum atomic E-state index is 0.412. The topological polar surface area (TPSA) is 29.3 Å². The minimum Gasteiger partial charge on any atom is -0.320 e. The molecule has 0 spiro atoms. The quantitative estimate of drug-likeness (QED) is 0.823. The minimum absolute atomic E-state index is 0.412. The highest BCUT2D eigenvalue weighted by atomic mass is 15.1. The second-order valence-electron chi connectivity index (χ2n) is 5.60. The molecule has 2 heteroatoms. The molecule has 0 heterocycles. The van der Waals surface area contributed by atoms with E-state index in [2.05, 4.69) is 62.8 Å². The van der Waals surface area contributed by atoms with Crippen LogP contribution in [0.3, 0.4) is 0 Å². The Morgan fingerprint density at radius 1 is 1.26 bits per heavy atom. The Morgan fingerprint density at radius 2 is 2.00 bits per heavy atom. The van der Waals surface area contributed by atoms with Crippen LogP contribution in [-0.2, 0) is 6.54 Å². The van der Waals surface area contributed by atoms with Gasteiger partial charge in [-0.15, -0.1) is 0 Å². The first kappa shape index (κ1) is 15.8. The first-order valence-corrected chi connectivity index (χ1v) is 7.01. The number of nitrogens with zero attached hydrogens (tertiary/aromatic N) is 1. The number of rotatable bonds is 5. The molecule has 0 saturated carbocycles. The average Bonchev–Trinajstić information content (AvgIpc) is 2.36. The van der Waals surface area contributed by atoms with Gasteiger partial charge in [0.15, 0.2) is 0 Å². The summed E-state index contributed by atoms with van der Waals surface area (Å²) >= 11 is 0. The maximum atomic E-state index is 5.40. The van der Waals surface area contributed by atoms with Gasteiger partial charge in [-0.1, -0.05) is 37.8 Å². The summed E-state index contributed by atoms with van der Waals surface area (Å²) in [6.45, 7) is 8.21. The van der Waals surface area contributed by atoms with Gasteiger partial charge in [0.1, 0.15) is 0 Å². The molecule has 1 aromatic carbocycles. The van der Waals surface area contributed by atoms with Crippen LogP contribution in [-0.4, -0.2) is 24.5 Å². The molecule has 0 saturated heterocycles. The Bertz CT molecular complexity index is 440. The zero-order valence-corrected chi connectivity index (χ0v) is 12.6. The van der Waals surface area contributed by atoms with Crippen molar-refractivity contribution < 1.29 is 0 Å². The molecule has 1 aromatic rings. The molecule has 0 amide bonds. The van der Waals surface area contributed by atoms with E-state index in [1.807, 2.05) is 6.07 Å². The Hall–Kier alpha value is -1.30. The monoisotopic (exact) mass is 258 g/mol. The fourth-order valence-electron chi connectivity index (χ4n) is 2.21. The molecule has 104 valence electrons. The van der Waals surface area contributed by atoms with Gasteiger partial charge in [0, 0.05) is 18.2 Å². The fraction of sp³-hybridized carbons (Fsp3) is 0.529. The standard InChI is InChI=1S/C17H26N2/c1-14(2)11-15(3)19(4)13-17-8-5-7-16(12-17)9-6-10-18/h5,7-8,12,14-15H,10-11,13,18H2,1-4H3. The van der Waals surface area contributed by atoms with Gasteiger partial charge in [0.25, 0.3) is 0 Å². The molecular formula is C17H26N2. The van der Waals surface area contributed by atoms with Crippen molar-refractivity contribution in [1.82, 2.24) is 4.90 Å². The van der Waals surface area contributed by atoms with Gasteiger partial charge in [-0.05, 0) is 44.0 Å². The van der Waals surface area contributed by atoms with Gasteiger partial charge in [-0.25, -0.2) is 0 Å². The van der Waals surface area contributed by atoms with Crippen molar-refractivity contribution in [3.05, 3.63) is 35.4 Å². The third-order valence-electron chi connectivity index (χ3n) is 3.26. The van der Waals surface area contributed by atoms with E-state index >= 15 is 0 Å². The van der Waals surface area contributed by atoms with Crippen LogP contribution in [0, 0.1) is 17.8 Å². The van der Waals surface area contributed by atoms with Crippen molar-refractivity contribution in [2.75, 3.05) is 13.6 Å². The van der Waals surface area contributed by atoms with Crippen molar-refractivity contribution in [2.24, 2.45) is 11.7 Å². The SMILES string of the molecule is CC(C)CC(C)N(C)Cc1cccc(C#CCN)c1. The van der Waals surface area contributed by atoms with Crippen LogP contribution in [0.2, 0.25) is 0 Å². The van der Waals surface area contributed by atoms with Gasteiger partial charge in [0.2, 0.25) is 0 Å². The van der Waals surface area contributed by atoms with Crippen molar-refractivity contribution in [3.8, 4) is 11.8 Å². The number of nitrogens with two attached hydrogens (primary N) is 1. The molecule has 2 nitrogen and oxygen atoms in total. The predicted molar refractivity (Wildman–Crippen MR) is 82.8 cm³/mol. The Balaban J connectivity index is 2.66. The molecule has 19 heavy (non-hydrogen) atoms. The van der Waals surface area contributed by atoms with Crippen LogP contribution in [0.4, 0.5) is 0 Å². The van der Waals surface area contributed by atoms with Crippen molar-refractivity contribution in [2.45, 2.75) is 39.8 Å². The lowest BCUT2D eigenvalue weighted by Gasteiger charge is -2.26. The van der Waals surface area contributed by atoms with Crippen LogP contribution in [0.15, 0.2) is 24.3 Å². The van der Waals surface area contributed by atoms with Gasteiger partial charge in [-0.3, -0.25) is 4.90 Å². The lowest BCUT2D eigenvalue weighted by atomic mass is 10.0. The van der Waals surface area contributed by atoms with Crippen LogP contribution in [0.5, 0.6) is 0 Å². The first-order valence-electron chi connectivity index (χ1n) is 7.01. The van der Waals surface area contributed by atoms with Crippen molar-refractivity contribution >= 4 is 0 Å². The molecule has 1 atom stereocenters. The normalized spacial score (nSPS) is 12.4. The average molecular weight is 258 g/mol. The third-order valence-corrected chi connectivity index (χ3v) is 3.26. The zero-order valence-electron chi connectivity index (χ0n) is 12.6. The van der Waals surface area contributed by atoms with E-state index in [-0.39, 0.29) is 0 Å². The highest BCUT2D eigenvalue weighted by Crippen LogP contribution is 2.13. The van der Waals surface area contributed by atoms with Crippen molar-refractivity contribution in [1.29, 1.82) is 0 Å². The largest absolute Gasteiger partial charge is 0.320 e. The van der Waals surface area contributed by atoms with Gasteiger partial charge in [-0.2, -0.15) is 0 Å². The van der Waals surface area contributed by atoms with Gasteiger partial charge >= 0.3 is 0 Å². The van der Waals surface area contributed by atoms with E-state index in [0.29, 0.717) is 12.6 Å². The number of benzene rings is 1. The Morgan fingerprint density at radius 3 is 2.63 bits per heavy atom. The molecule has 1 unspecified atom stereocenters. The molecular weight excluding hydrogens is 232 g/mol. The number of hydrogen-bond donors (Lipinski definition) is 1. The maximum Gasteiger partial charge on any atom is 0.0555 e. The van der Waals surface area contributed by atoms with Crippen LogP contribution in [0.1, 0.15) is 38.3 Å². The zero-order chi connectivity index (χ0) is 14.3. The van der Waals surface area contributed by atoms with E-state index in [1.54, 1.807) is 0 Å². The summed E-state index contributed by atoms with van der Waals surface area (Å²) in [5.74, 6) is 6.72. The second-order valence-corrected chi connectivity index (χ2v) is 5.60. The van der Waals surface area contributed by atoms with Crippen LogP contribution < -0.4 is 5.73 Å². The molecule has 0 aliphatic rings. The lowest BCUT2D eigenvalue weighted by molar-refractivity contribution is 0.220. The Kier molecular flexibility index (Phi) is 6.62. The summed E-state index contributed by atoms with van der Waals surface area (Å²) in [5, 5.41) is 0. The van der Waals surface area contributed by atoms with E-state index < -0.39 is 0 Å².